The zero-order valence-corrected chi connectivity index (χ0v) is 14.6. The first-order chi connectivity index (χ1) is 12.8. The predicted molar refractivity (Wildman–Crippen MR) is 97.5 cm³/mol. The van der Waals surface area contributed by atoms with Crippen molar-refractivity contribution < 1.29 is 23.4 Å². The van der Waals surface area contributed by atoms with E-state index in [2.05, 4.69) is 5.32 Å². The smallest absolute Gasteiger partial charge is 0.204 e. The van der Waals surface area contributed by atoms with Crippen LogP contribution in [0.2, 0.25) is 0 Å². The number of nitrogens with one attached hydrogen (secondary N) is 1. The molecule has 1 aromatic heterocycles. The van der Waals surface area contributed by atoms with E-state index in [0.717, 1.165) is 16.9 Å². The summed E-state index contributed by atoms with van der Waals surface area (Å²) >= 11 is 0. The Labute approximate surface area is 151 Å². The summed E-state index contributed by atoms with van der Waals surface area (Å²) < 4.78 is 28.4. The van der Waals surface area contributed by atoms with Gasteiger partial charge >= 0.3 is 0 Å². The molecule has 0 spiro atoms. The standard InChI is InChI=1S/C20H21NO5/c1-22-18-7-6-14-8-10-23-19(14)20(18)24-11-9-21-12-15-13-25-16-4-2-3-5-17(16)26-15/h2-8,10,15,21H,9,11-13H2,1H3/t15-/m0/s1. The summed E-state index contributed by atoms with van der Waals surface area (Å²) in [6, 6.07) is 13.4. The SMILES string of the molecule is COc1ccc2ccoc2c1OCCNC[C@H]1COc2ccccc2O1. The molecule has 1 atom stereocenters. The maximum absolute atomic E-state index is 5.92. The third-order valence-corrected chi connectivity index (χ3v) is 4.22. The molecular formula is C20H21NO5. The lowest BCUT2D eigenvalue weighted by molar-refractivity contribution is 0.0897. The average Bonchev–Trinajstić information content (AvgIpc) is 3.16. The fraction of sp³-hybridized carbons (Fsp3) is 0.300. The van der Waals surface area contributed by atoms with Gasteiger partial charge in [-0.1, -0.05) is 12.1 Å². The molecule has 6 nitrogen and oxygen atoms in total. The second kappa shape index (κ2) is 7.58. The highest BCUT2D eigenvalue weighted by molar-refractivity contribution is 5.85. The summed E-state index contributed by atoms with van der Waals surface area (Å²) in [5, 5.41) is 4.32. The van der Waals surface area contributed by atoms with Crippen molar-refractivity contribution in [2.75, 3.05) is 33.4 Å². The molecule has 136 valence electrons. The molecule has 3 aromatic rings. The summed E-state index contributed by atoms with van der Waals surface area (Å²) in [6.45, 7) is 2.37. The lowest BCUT2D eigenvalue weighted by Crippen LogP contribution is -2.39. The Balaban J connectivity index is 1.27. The van der Waals surface area contributed by atoms with Crippen molar-refractivity contribution >= 4 is 11.0 Å². The highest BCUT2D eigenvalue weighted by Gasteiger charge is 2.20. The van der Waals surface area contributed by atoms with Gasteiger partial charge in [-0.3, -0.25) is 0 Å². The molecule has 1 aliphatic heterocycles. The fourth-order valence-electron chi connectivity index (χ4n) is 2.94. The first-order valence-electron chi connectivity index (χ1n) is 8.61. The third kappa shape index (κ3) is 3.41. The van der Waals surface area contributed by atoms with Crippen LogP contribution >= 0.6 is 0 Å². The van der Waals surface area contributed by atoms with Gasteiger partial charge in [0, 0.05) is 18.5 Å². The van der Waals surface area contributed by atoms with Crippen molar-refractivity contribution in [1.82, 2.24) is 5.32 Å². The number of methoxy groups -OCH3 is 1. The predicted octanol–water partition coefficient (Wildman–Crippen LogP) is 3.25. The van der Waals surface area contributed by atoms with E-state index >= 15 is 0 Å². The van der Waals surface area contributed by atoms with Gasteiger partial charge in [-0.25, -0.2) is 0 Å². The van der Waals surface area contributed by atoms with E-state index in [-0.39, 0.29) is 6.10 Å². The molecule has 0 unspecified atom stereocenters. The number of benzene rings is 2. The molecule has 0 fully saturated rings. The van der Waals surface area contributed by atoms with Gasteiger partial charge in [-0.15, -0.1) is 0 Å². The largest absolute Gasteiger partial charge is 0.493 e. The van der Waals surface area contributed by atoms with E-state index in [1.807, 2.05) is 42.5 Å². The van der Waals surface area contributed by atoms with E-state index in [4.69, 9.17) is 23.4 Å². The normalized spacial score (nSPS) is 15.8. The molecule has 0 radical (unpaired) electrons. The van der Waals surface area contributed by atoms with Gasteiger partial charge in [0.2, 0.25) is 5.75 Å². The molecule has 1 aliphatic rings. The highest BCUT2D eigenvalue weighted by atomic mass is 16.6. The molecule has 2 heterocycles. The highest BCUT2D eigenvalue weighted by Crippen LogP contribution is 2.36. The molecule has 0 saturated heterocycles. The van der Waals surface area contributed by atoms with Crippen LogP contribution in [0.4, 0.5) is 0 Å². The van der Waals surface area contributed by atoms with Crippen LogP contribution in [0.15, 0.2) is 53.1 Å². The van der Waals surface area contributed by atoms with Crippen LogP contribution in [0.25, 0.3) is 11.0 Å². The Bertz CT molecular complexity index is 876. The van der Waals surface area contributed by atoms with Crippen LogP contribution in [-0.4, -0.2) is 39.5 Å². The van der Waals surface area contributed by atoms with Gasteiger partial charge in [0.15, 0.2) is 22.8 Å². The van der Waals surface area contributed by atoms with Gasteiger partial charge in [0.25, 0.3) is 0 Å². The Morgan fingerprint density at radius 1 is 1.12 bits per heavy atom. The first kappa shape index (κ1) is 16.6. The van der Waals surface area contributed by atoms with Gasteiger partial charge in [-0.2, -0.15) is 0 Å². The molecule has 0 bridgehead atoms. The Morgan fingerprint density at radius 2 is 2.00 bits per heavy atom. The van der Waals surface area contributed by atoms with E-state index in [1.54, 1.807) is 13.4 Å². The van der Waals surface area contributed by atoms with Gasteiger partial charge in [-0.05, 0) is 30.3 Å². The Kier molecular flexibility index (Phi) is 4.84. The lowest BCUT2D eigenvalue weighted by atomic mass is 10.2. The van der Waals surface area contributed by atoms with E-state index in [0.29, 0.717) is 43.4 Å². The molecular weight excluding hydrogens is 334 g/mol. The summed E-state index contributed by atoms with van der Waals surface area (Å²) in [4.78, 5) is 0. The Morgan fingerprint density at radius 3 is 2.88 bits per heavy atom. The van der Waals surface area contributed by atoms with Crippen molar-refractivity contribution in [3.8, 4) is 23.0 Å². The monoisotopic (exact) mass is 355 g/mol. The summed E-state index contributed by atoms with van der Waals surface area (Å²) in [5.41, 5.74) is 0.699. The fourth-order valence-corrected chi connectivity index (χ4v) is 2.94. The van der Waals surface area contributed by atoms with Crippen LogP contribution in [-0.2, 0) is 0 Å². The second-order valence-electron chi connectivity index (χ2n) is 5.99. The van der Waals surface area contributed by atoms with Crippen LogP contribution in [0.3, 0.4) is 0 Å². The maximum Gasteiger partial charge on any atom is 0.204 e. The Hall–Kier alpha value is -2.86. The van der Waals surface area contributed by atoms with Crippen LogP contribution in [0.1, 0.15) is 0 Å². The van der Waals surface area contributed by atoms with Crippen molar-refractivity contribution in [1.29, 1.82) is 0 Å². The van der Waals surface area contributed by atoms with Crippen LogP contribution in [0, 0.1) is 0 Å². The minimum absolute atomic E-state index is 0.0204. The molecule has 0 aliphatic carbocycles. The van der Waals surface area contributed by atoms with Crippen LogP contribution in [0.5, 0.6) is 23.0 Å². The summed E-state index contributed by atoms with van der Waals surface area (Å²) in [7, 11) is 1.62. The summed E-state index contributed by atoms with van der Waals surface area (Å²) in [6.07, 6.45) is 1.63. The molecule has 1 N–H and O–H groups in total. The van der Waals surface area contributed by atoms with Crippen molar-refractivity contribution in [2.45, 2.75) is 6.10 Å². The molecule has 4 rings (SSSR count). The number of para-hydroxylation sites is 2. The minimum Gasteiger partial charge on any atom is -0.493 e. The van der Waals surface area contributed by atoms with Crippen molar-refractivity contribution in [3.63, 3.8) is 0 Å². The number of fused-ring (bicyclic) bond motifs is 2. The number of furan rings is 1. The van der Waals surface area contributed by atoms with Crippen molar-refractivity contribution in [3.05, 3.63) is 48.7 Å². The average molecular weight is 355 g/mol. The molecule has 6 heteroatoms. The molecule has 0 amide bonds. The molecule has 2 aromatic carbocycles. The number of rotatable bonds is 7. The van der Waals surface area contributed by atoms with E-state index in [1.165, 1.54) is 0 Å². The first-order valence-corrected chi connectivity index (χ1v) is 8.61. The zero-order valence-electron chi connectivity index (χ0n) is 14.6. The summed E-state index contributed by atoms with van der Waals surface area (Å²) in [5.74, 6) is 2.87. The van der Waals surface area contributed by atoms with Crippen LogP contribution < -0.4 is 24.3 Å². The van der Waals surface area contributed by atoms with Crippen molar-refractivity contribution in [2.24, 2.45) is 0 Å². The van der Waals surface area contributed by atoms with Gasteiger partial charge in [0.1, 0.15) is 19.3 Å². The maximum atomic E-state index is 5.92. The number of hydrogen-bond acceptors (Lipinski definition) is 6. The third-order valence-electron chi connectivity index (χ3n) is 4.22. The topological polar surface area (TPSA) is 62.1 Å². The second-order valence-corrected chi connectivity index (χ2v) is 5.99. The minimum atomic E-state index is -0.0204. The molecule has 0 saturated carbocycles. The quantitative estimate of drug-likeness (QED) is 0.657. The van der Waals surface area contributed by atoms with Gasteiger partial charge < -0.3 is 28.7 Å². The van der Waals surface area contributed by atoms with E-state index in [9.17, 15) is 0 Å². The number of hydrogen-bond donors (Lipinski definition) is 1. The van der Waals surface area contributed by atoms with Gasteiger partial charge in [0.05, 0.1) is 13.4 Å². The number of ether oxygens (including phenoxy) is 4. The zero-order chi connectivity index (χ0) is 17.8. The van der Waals surface area contributed by atoms with E-state index < -0.39 is 0 Å². The lowest BCUT2D eigenvalue weighted by Gasteiger charge is -2.26. The molecule has 26 heavy (non-hydrogen) atoms.